The van der Waals surface area contributed by atoms with E-state index in [4.69, 9.17) is 0 Å². The van der Waals surface area contributed by atoms with Crippen molar-refractivity contribution >= 4 is 20.5 Å². The van der Waals surface area contributed by atoms with Gasteiger partial charge in [-0.25, -0.2) is 8.42 Å². The predicted molar refractivity (Wildman–Crippen MR) is 77.1 cm³/mol. The quantitative estimate of drug-likeness (QED) is 0.809. The Kier molecular flexibility index (Phi) is 2.83. The van der Waals surface area contributed by atoms with Gasteiger partial charge in [-0.1, -0.05) is 42.0 Å². The molecule has 3 nitrogen and oxygen atoms in total. The van der Waals surface area contributed by atoms with Crippen LogP contribution in [0.1, 0.15) is 21.5 Å². The number of carbonyl (C=O) groups excluding carboxylic acids is 1. The molecule has 20 heavy (non-hydrogen) atoms. The summed E-state index contributed by atoms with van der Waals surface area (Å²) in [5.41, 5.74) is 1.65. The van der Waals surface area contributed by atoms with Crippen LogP contribution in [0.5, 0.6) is 0 Å². The third-order valence-corrected chi connectivity index (χ3v) is 5.17. The van der Waals surface area contributed by atoms with Gasteiger partial charge in [-0.05, 0) is 24.6 Å². The number of aryl methyl sites for hydroxylation is 1. The van der Waals surface area contributed by atoms with E-state index in [-0.39, 0.29) is 21.1 Å². The summed E-state index contributed by atoms with van der Waals surface area (Å²) in [5, 5.41) is 0. The third-order valence-electron chi connectivity index (χ3n) is 3.30. The van der Waals surface area contributed by atoms with Gasteiger partial charge in [-0.15, -0.1) is 0 Å². The number of carbonyl (C=O) groups is 1. The Bertz CT molecular complexity index is 831. The van der Waals surface area contributed by atoms with E-state index in [0.717, 1.165) is 5.56 Å². The first-order valence-corrected chi connectivity index (χ1v) is 7.65. The number of allylic oxidation sites excluding steroid dienone is 1. The molecule has 100 valence electrons. The Morgan fingerprint density at radius 3 is 2.35 bits per heavy atom. The summed E-state index contributed by atoms with van der Waals surface area (Å²) in [4.78, 5) is 12.3. The van der Waals surface area contributed by atoms with Crippen molar-refractivity contribution in [2.45, 2.75) is 11.8 Å². The molecule has 0 spiro atoms. The summed E-state index contributed by atoms with van der Waals surface area (Å²) < 4.78 is 25.3. The van der Waals surface area contributed by atoms with Gasteiger partial charge in [0.1, 0.15) is 0 Å². The fourth-order valence-corrected chi connectivity index (χ4v) is 3.95. The maximum Gasteiger partial charge on any atom is 0.208 e. The average molecular weight is 284 g/mol. The van der Waals surface area contributed by atoms with Crippen molar-refractivity contribution < 1.29 is 13.2 Å². The van der Waals surface area contributed by atoms with Crippen LogP contribution in [0, 0.1) is 6.92 Å². The first kappa shape index (κ1) is 12.8. The Morgan fingerprint density at radius 2 is 1.65 bits per heavy atom. The van der Waals surface area contributed by atoms with Crippen molar-refractivity contribution in [1.29, 1.82) is 0 Å². The maximum atomic E-state index is 12.6. The molecule has 0 N–H and O–H groups in total. The molecule has 0 bridgehead atoms. The molecule has 4 heteroatoms. The molecular formula is C16H12O3S. The van der Waals surface area contributed by atoms with E-state index >= 15 is 0 Å². The highest BCUT2D eigenvalue weighted by Gasteiger charge is 2.32. The fraction of sp³-hybridized carbons (Fsp3) is 0.0625. The SMILES string of the molecule is Cc1ccc2c(c1)C(=O)C=C(c1ccccc1)S2(=O)=O. The molecule has 0 atom stereocenters. The molecule has 0 fully saturated rings. The largest absolute Gasteiger partial charge is 0.289 e. The predicted octanol–water partition coefficient (Wildman–Crippen LogP) is 3.01. The molecule has 2 aromatic carbocycles. The minimum Gasteiger partial charge on any atom is -0.289 e. The Balaban J connectivity index is 2.28. The van der Waals surface area contributed by atoms with Crippen LogP contribution in [0.25, 0.3) is 4.91 Å². The number of sulfone groups is 1. The van der Waals surface area contributed by atoms with Crippen LogP contribution in [0.4, 0.5) is 0 Å². The minimum atomic E-state index is -3.65. The van der Waals surface area contributed by atoms with Gasteiger partial charge in [0.15, 0.2) is 5.78 Å². The zero-order valence-corrected chi connectivity index (χ0v) is 11.6. The van der Waals surface area contributed by atoms with E-state index in [1.165, 1.54) is 12.1 Å². The zero-order valence-electron chi connectivity index (χ0n) is 10.8. The number of hydrogen-bond donors (Lipinski definition) is 0. The van der Waals surface area contributed by atoms with Gasteiger partial charge in [0.2, 0.25) is 9.84 Å². The lowest BCUT2D eigenvalue weighted by atomic mass is 10.1. The van der Waals surface area contributed by atoms with Crippen molar-refractivity contribution in [1.82, 2.24) is 0 Å². The second-order valence-corrected chi connectivity index (χ2v) is 6.63. The van der Waals surface area contributed by atoms with Gasteiger partial charge in [-0.2, -0.15) is 0 Å². The number of hydrogen-bond acceptors (Lipinski definition) is 3. The van der Waals surface area contributed by atoms with Gasteiger partial charge in [0.05, 0.1) is 9.80 Å². The van der Waals surface area contributed by atoms with Crippen LogP contribution in [0.2, 0.25) is 0 Å². The second kappa shape index (κ2) is 4.42. The first-order chi connectivity index (χ1) is 9.50. The Hall–Kier alpha value is -2.20. The number of ketones is 1. The molecule has 2 aromatic rings. The Labute approximate surface area is 117 Å². The number of fused-ring (bicyclic) bond motifs is 1. The summed E-state index contributed by atoms with van der Waals surface area (Å²) in [6.07, 6.45) is 1.21. The highest BCUT2D eigenvalue weighted by molar-refractivity contribution is 8.00. The highest BCUT2D eigenvalue weighted by Crippen LogP contribution is 2.34. The third kappa shape index (κ3) is 1.89. The molecule has 1 heterocycles. The number of rotatable bonds is 1. The average Bonchev–Trinajstić information content (AvgIpc) is 2.43. The van der Waals surface area contributed by atoms with Gasteiger partial charge in [-0.3, -0.25) is 4.79 Å². The Morgan fingerprint density at radius 1 is 0.950 bits per heavy atom. The van der Waals surface area contributed by atoms with Gasteiger partial charge < -0.3 is 0 Å². The van der Waals surface area contributed by atoms with E-state index < -0.39 is 9.84 Å². The molecule has 0 unspecified atom stereocenters. The van der Waals surface area contributed by atoms with E-state index in [2.05, 4.69) is 0 Å². The standard InChI is InChI=1S/C16H12O3S/c1-11-7-8-15-13(9-11)14(17)10-16(20(15,18)19)12-5-3-2-4-6-12/h2-10H,1H3. The lowest BCUT2D eigenvalue weighted by Gasteiger charge is -2.17. The highest BCUT2D eigenvalue weighted by atomic mass is 32.2. The molecule has 0 aromatic heterocycles. The lowest BCUT2D eigenvalue weighted by molar-refractivity contribution is 0.104. The number of benzene rings is 2. The van der Waals surface area contributed by atoms with E-state index in [1.807, 2.05) is 6.92 Å². The molecule has 3 rings (SSSR count). The van der Waals surface area contributed by atoms with E-state index in [1.54, 1.807) is 42.5 Å². The summed E-state index contributed by atoms with van der Waals surface area (Å²) in [5.74, 6) is -0.266. The van der Waals surface area contributed by atoms with Gasteiger partial charge in [0, 0.05) is 11.6 Å². The lowest BCUT2D eigenvalue weighted by Crippen LogP contribution is -2.16. The molecule has 0 saturated carbocycles. The van der Waals surface area contributed by atoms with Crippen LogP contribution in [0.3, 0.4) is 0 Å². The van der Waals surface area contributed by atoms with Gasteiger partial charge in [0.25, 0.3) is 0 Å². The van der Waals surface area contributed by atoms with Crippen LogP contribution in [-0.2, 0) is 9.84 Å². The second-order valence-electron chi connectivity index (χ2n) is 4.74. The smallest absolute Gasteiger partial charge is 0.208 e. The molecule has 0 aliphatic carbocycles. The summed E-state index contributed by atoms with van der Waals surface area (Å²) in [6, 6.07) is 13.5. The molecular weight excluding hydrogens is 272 g/mol. The van der Waals surface area contributed by atoms with Crippen LogP contribution in [-0.4, -0.2) is 14.2 Å². The summed E-state index contributed by atoms with van der Waals surface area (Å²) in [6.45, 7) is 1.83. The van der Waals surface area contributed by atoms with E-state index in [9.17, 15) is 13.2 Å². The fourth-order valence-electron chi connectivity index (χ4n) is 2.30. The van der Waals surface area contributed by atoms with Crippen molar-refractivity contribution in [3.8, 4) is 0 Å². The van der Waals surface area contributed by atoms with E-state index in [0.29, 0.717) is 5.56 Å². The van der Waals surface area contributed by atoms with Crippen molar-refractivity contribution in [2.75, 3.05) is 0 Å². The maximum absolute atomic E-state index is 12.6. The van der Waals surface area contributed by atoms with Gasteiger partial charge >= 0.3 is 0 Å². The van der Waals surface area contributed by atoms with Crippen LogP contribution >= 0.6 is 0 Å². The summed E-state index contributed by atoms with van der Waals surface area (Å²) >= 11 is 0. The molecule has 0 radical (unpaired) electrons. The monoisotopic (exact) mass is 284 g/mol. The summed E-state index contributed by atoms with van der Waals surface area (Å²) in [7, 11) is -3.65. The minimum absolute atomic E-state index is 0.0689. The zero-order chi connectivity index (χ0) is 14.3. The molecule has 0 saturated heterocycles. The van der Waals surface area contributed by atoms with Crippen molar-refractivity contribution in [3.05, 3.63) is 71.3 Å². The van der Waals surface area contributed by atoms with Crippen LogP contribution in [0.15, 0.2) is 59.5 Å². The first-order valence-electron chi connectivity index (χ1n) is 6.17. The molecule has 0 amide bonds. The molecule has 1 aliphatic rings. The van der Waals surface area contributed by atoms with Crippen molar-refractivity contribution in [3.63, 3.8) is 0 Å². The van der Waals surface area contributed by atoms with Crippen molar-refractivity contribution in [2.24, 2.45) is 0 Å². The molecule has 1 aliphatic heterocycles. The topological polar surface area (TPSA) is 51.2 Å². The van der Waals surface area contributed by atoms with Crippen LogP contribution < -0.4 is 0 Å². The normalized spacial score (nSPS) is 16.4.